The molecule has 0 bridgehead atoms. The summed E-state index contributed by atoms with van der Waals surface area (Å²) in [6.45, 7) is 0. The summed E-state index contributed by atoms with van der Waals surface area (Å²) in [5, 5.41) is 1.92. The zero-order valence-electron chi connectivity index (χ0n) is 10.00. The van der Waals surface area contributed by atoms with Gasteiger partial charge in [0.15, 0.2) is 11.5 Å². The predicted molar refractivity (Wildman–Crippen MR) is 71.8 cm³/mol. The number of allylic oxidation sites excluding steroid dienone is 3. The minimum atomic E-state index is -0.299. The van der Waals surface area contributed by atoms with Gasteiger partial charge in [0.05, 0.1) is 0 Å². The molecule has 0 amide bonds. The van der Waals surface area contributed by atoms with Crippen LogP contribution in [0.25, 0.3) is 10.8 Å². The summed E-state index contributed by atoms with van der Waals surface area (Å²) in [6.07, 6.45) is 3.67. The Hall–Kier alpha value is -2.68. The summed E-state index contributed by atoms with van der Waals surface area (Å²) in [5.41, 5.74) is 0. The maximum Gasteiger partial charge on any atom is 0.221 e. The van der Waals surface area contributed by atoms with Gasteiger partial charge in [-0.3, -0.25) is 9.59 Å². The van der Waals surface area contributed by atoms with E-state index in [0.717, 1.165) is 10.8 Å². The molecule has 3 heteroatoms. The van der Waals surface area contributed by atoms with Crippen LogP contribution in [0.1, 0.15) is 0 Å². The van der Waals surface area contributed by atoms with Gasteiger partial charge in [-0.15, -0.1) is 0 Å². The summed E-state index contributed by atoms with van der Waals surface area (Å²) in [4.78, 5) is 22.9. The lowest BCUT2D eigenvalue weighted by atomic mass is 10.1. The van der Waals surface area contributed by atoms with E-state index in [2.05, 4.69) is 0 Å². The smallest absolute Gasteiger partial charge is 0.221 e. The van der Waals surface area contributed by atoms with Gasteiger partial charge in [0.2, 0.25) is 5.78 Å². The van der Waals surface area contributed by atoms with Crippen LogP contribution in [0.5, 0.6) is 5.75 Å². The van der Waals surface area contributed by atoms with Crippen molar-refractivity contribution in [1.29, 1.82) is 0 Å². The lowest BCUT2D eigenvalue weighted by Crippen LogP contribution is -2.12. The summed E-state index contributed by atoms with van der Waals surface area (Å²) in [5.74, 6) is 0.0898. The van der Waals surface area contributed by atoms with Crippen LogP contribution in [0.4, 0.5) is 0 Å². The van der Waals surface area contributed by atoms with Gasteiger partial charge < -0.3 is 4.74 Å². The van der Waals surface area contributed by atoms with Crippen LogP contribution < -0.4 is 4.74 Å². The number of fused-ring (bicyclic) bond motifs is 1. The van der Waals surface area contributed by atoms with Crippen molar-refractivity contribution in [1.82, 2.24) is 0 Å². The van der Waals surface area contributed by atoms with Crippen LogP contribution in [0.3, 0.4) is 0 Å². The maximum atomic E-state index is 11.6. The van der Waals surface area contributed by atoms with Gasteiger partial charge in [-0.1, -0.05) is 36.4 Å². The Bertz CT molecular complexity index is 733. The average Bonchev–Trinajstić information content (AvgIpc) is 2.43. The van der Waals surface area contributed by atoms with Crippen molar-refractivity contribution in [3.8, 4) is 5.75 Å². The molecule has 19 heavy (non-hydrogen) atoms. The first kappa shape index (κ1) is 11.4. The second-order valence-corrected chi connectivity index (χ2v) is 4.19. The number of ether oxygens (including phenoxy) is 1. The second kappa shape index (κ2) is 4.53. The molecule has 0 spiro atoms. The lowest BCUT2D eigenvalue weighted by Gasteiger charge is -2.11. The van der Waals surface area contributed by atoms with Crippen LogP contribution in [-0.2, 0) is 9.59 Å². The Morgan fingerprint density at radius 1 is 0.842 bits per heavy atom. The molecule has 0 heterocycles. The van der Waals surface area contributed by atoms with Gasteiger partial charge in [-0.25, -0.2) is 0 Å². The van der Waals surface area contributed by atoms with Crippen LogP contribution >= 0.6 is 0 Å². The van der Waals surface area contributed by atoms with E-state index in [9.17, 15) is 9.59 Å². The SMILES string of the molecule is O=C1C=CC(=O)C(Oc2cccc3ccccc23)=C1. The second-order valence-electron chi connectivity index (χ2n) is 4.19. The van der Waals surface area contributed by atoms with Gasteiger partial charge in [0.25, 0.3) is 0 Å². The number of rotatable bonds is 2. The minimum Gasteiger partial charge on any atom is -0.452 e. The highest BCUT2D eigenvalue weighted by atomic mass is 16.5. The van der Waals surface area contributed by atoms with Crippen LogP contribution in [0.15, 0.2) is 66.5 Å². The highest BCUT2D eigenvalue weighted by Gasteiger charge is 2.16. The van der Waals surface area contributed by atoms with Gasteiger partial charge in [-0.2, -0.15) is 0 Å². The molecule has 0 saturated carbocycles. The number of hydrogen-bond acceptors (Lipinski definition) is 3. The van der Waals surface area contributed by atoms with Crippen LogP contribution in [0.2, 0.25) is 0 Å². The molecule has 0 aliphatic heterocycles. The zero-order valence-corrected chi connectivity index (χ0v) is 10.00. The molecule has 0 fully saturated rings. The molecule has 2 aromatic carbocycles. The summed E-state index contributed by atoms with van der Waals surface area (Å²) in [6, 6.07) is 13.3. The average molecular weight is 250 g/mol. The van der Waals surface area contributed by atoms with Crippen molar-refractivity contribution in [2.24, 2.45) is 0 Å². The summed E-state index contributed by atoms with van der Waals surface area (Å²) in [7, 11) is 0. The maximum absolute atomic E-state index is 11.6. The van der Waals surface area contributed by atoms with E-state index in [4.69, 9.17) is 4.74 Å². The Kier molecular flexibility index (Phi) is 2.72. The van der Waals surface area contributed by atoms with E-state index >= 15 is 0 Å². The predicted octanol–water partition coefficient (Wildman–Crippen LogP) is 2.81. The number of carbonyl (C=O) groups excluding carboxylic acids is 2. The Morgan fingerprint density at radius 2 is 1.63 bits per heavy atom. The lowest BCUT2D eigenvalue weighted by molar-refractivity contribution is -0.116. The Morgan fingerprint density at radius 3 is 2.53 bits per heavy atom. The van der Waals surface area contributed by atoms with E-state index < -0.39 is 0 Å². The molecule has 1 aliphatic rings. The van der Waals surface area contributed by atoms with E-state index in [-0.39, 0.29) is 17.3 Å². The van der Waals surface area contributed by atoms with E-state index in [1.165, 1.54) is 18.2 Å². The number of carbonyl (C=O) groups is 2. The van der Waals surface area contributed by atoms with Crippen molar-refractivity contribution >= 4 is 22.3 Å². The Labute approximate surface area is 109 Å². The molecule has 0 atom stereocenters. The van der Waals surface area contributed by atoms with E-state index in [0.29, 0.717) is 5.75 Å². The van der Waals surface area contributed by atoms with Gasteiger partial charge in [0, 0.05) is 11.5 Å². The van der Waals surface area contributed by atoms with Crippen LogP contribution in [-0.4, -0.2) is 11.6 Å². The molecule has 3 rings (SSSR count). The molecule has 92 valence electrons. The van der Waals surface area contributed by atoms with Gasteiger partial charge >= 0.3 is 0 Å². The number of ketones is 2. The monoisotopic (exact) mass is 250 g/mol. The third-order valence-corrected chi connectivity index (χ3v) is 2.88. The highest BCUT2D eigenvalue weighted by molar-refractivity contribution is 6.16. The molecular formula is C16H10O3. The Balaban J connectivity index is 2.02. The highest BCUT2D eigenvalue weighted by Crippen LogP contribution is 2.27. The molecule has 0 saturated heterocycles. The third-order valence-electron chi connectivity index (χ3n) is 2.88. The molecule has 3 nitrogen and oxygen atoms in total. The molecule has 0 aromatic heterocycles. The summed E-state index contributed by atoms with van der Waals surface area (Å²) >= 11 is 0. The molecule has 1 aliphatic carbocycles. The minimum absolute atomic E-state index is 0.0591. The fourth-order valence-electron chi connectivity index (χ4n) is 1.97. The van der Waals surface area contributed by atoms with E-state index in [1.54, 1.807) is 6.07 Å². The van der Waals surface area contributed by atoms with Crippen molar-refractivity contribution in [2.75, 3.05) is 0 Å². The van der Waals surface area contributed by atoms with Crippen molar-refractivity contribution in [2.45, 2.75) is 0 Å². The van der Waals surface area contributed by atoms with Crippen molar-refractivity contribution in [3.63, 3.8) is 0 Å². The molecular weight excluding hydrogens is 240 g/mol. The summed E-state index contributed by atoms with van der Waals surface area (Å²) < 4.78 is 5.59. The van der Waals surface area contributed by atoms with Crippen LogP contribution in [0, 0.1) is 0 Å². The fourth-order valence-corrected chi connectivity index (χ4v) is 1.97. The molecule has 2 aromatic rings. The fraction of sp³-hybridized carbons (Fsp3) is 0. The topological polar surface area (TPSA) is 43.4 Å². The number of benzene rings is 2. The molecule has 0 N–H and O–H groups in total. The first-order valence-electron chi connectivity index (χ1n) is 5.88. The van der Waals surface area contributed by atoms with Gasteiger partial charge in [0.1, 0.15) is 5.75 Å². The first-order chi connectivity index (χ1) is 9.24. The molecule has 0 radical (unpaired) electrons. The first-order valence-corrected chi connectivity index (χ1v) is 5.88. The van der Waals surface area contributed by atoms with Crippen molar-refractivity contribution in [3.05, 3.63) is 66.5 Å². The normalized spacial score (nSPS) is 14.6. The largest absolute Gasteiger partial charge is 0.452 e. The zero-order chi connectivity index (χ0) is 13.2. The quantitative estimate of drug-likeness (QED) is 0.770. The number of hydrogen-bond donors (Lipinski definition) is 0. The third kappa shape index (κ3) is 2.18. The van der Waals surface area contributed by atoms with E-state index in [1.807, 2.05) is 36.4 Å². The standard InChI is InChI=1S/C16H10O3/c17-12-8-9-14(18)16(10-12)19-15-7-3-5-11-4-1-2-6-13(11)15/h1-10H. The molecule has 0 unspecified atom stereocenters. The van der Waals surface area contributed by atoms with Gasteiger partial charge in [-0.05, 0) is 23.6 Å². The van der Waals surface area contributed by atoms with Crippen molar-refractivity contribution < 1.29 is 14.3 Å².